The number of aryl methyl sites for hydroxylation is 4. The Bertz CT molecular complexity index is 714. The highest BCUT2D eigenvalue weighted by molar-refractivity contribution is 6.11. The van der Waals surface area contributed by atoms with Gasteiger partial charge < -0.3 is 4.74 Å². The number of fused-ring (bicyclic) bond motifs is 1. The van der Waals surface area contributed by atoms with Crippen LogP contribution in [0.5, 0.6) is 5.75 Å². The predicted molar refractivity (Wildman–Crippen MR) is 84.4 cm³/mol. The molecule has 21 heavy (non-hydrogen) atoms. The molecule has 0 saturated heterocycles. The molecule has 1 aliphatic rings. The number of ketones is 1. The molecule has 0 atom stereocenters. The lowest BCUT2D eigenvalue weighted by atomic mass is 9.94. The van der Waals surface area contributed by atoms with E-state index in [9.17, 15) is 4.79 Å². The summed E-state index contributed by atoms with van der Waals surface area (Å²) in [6.45, 7) is 3.98. The zero-order valence-corrected chi connectivity index (χ0v) is 12.8. The first-order valence-electron chi connectivity index (χ1n) is 7.42. The maximum absolute atomic E-state index is 12.9. The summed E-state index contributed by atoms with van der Waals surface area (Å²) in [5.74, 6) is 0.719. The van der Waals surface area contributed by atoms with Gasteiger partial charge in [-0.25, -0.2) is 0 Å². The Balaban J connectivity index is 2.06. The fourth-order valence-electron chi connectivity index (χ4n) is 3.24. The van der Waals surface area contributed by atoms with Crippen LogP contribution in [0.25, 0.3) is 0 Å². The summed E-state index contributed by atoms with van der Waals surface area (Å²) in [7, 11) is 1.62. The van der Waals surface area contributed by atoms with Crippen molar-refractivity contribution in [1.29, 1.82) is 0 Å². The van der Waals surface area contributed by atoms with Crippen molar-refractivity contribution >= 4 is 5.78 Å². The van der Waals surface area contributed by atoms with E-state index in [2.05, 4.69) is 12.1 Å². The number of carbonyl (C=O) groups excluding carboxylic acids is 1. The maximum Gasteiger partial charge on any atom is 0.197 e. The molecule has 2 heteroatoms. The van der Waals surface area contributed by atoms with E-state index in [0.717, 1.165) is 29.5 Å². The van der Waals surface area contributed by atoms with Crippen molar-refractivity contribution < 1.29 is 9.53 Å². The topological polar surface area (TPSA) is 26.3 Å². The van der Waals surface area contributed by atoms with E-state index < -0.39 is 0 Å². The summed E-state index contributed by atoms with van der Waals surface area (Å²) in [5, 5.41) is 0. The molecule has 0 saturated carbocycles. The van der Waals surface area contributed by atoms with Crippen molar-refractivity contribution in [3.8, 4) is 5.75 Å². The van der Waals surface area contributed by atoms with Gasteiger partial charge in [-0.3, -0.25) is 4.79 Å². The summed E-state index contributed by atoms with van der Waals surface area (Å²) in [6.07, 6.45) is 3.41. The van der Waals surface area contributed by atoms with Gasteiger partial charge in [0.1, 0.15) is 5.75 Å². The second-order valence-electron chi connectivity index (χ2n) is 5.83. The zero-order chi connectivity index (χ0) is 15.0. The molecule has 0 bridgehead atoms. The van der Waals surface area contributed by atoms with Gasteiger partial charge in [0.2, 0.25) is 0 Å². The fraction of sp³-hybridized carbons (Fsp3) is 0.316. The van der Waals surface area contributed by atoms with Crippen molar-refractivity contribution in [1.82, 2.24) is 0 Å². The Morgan fingerprint density at radius 1 is 1.05 bits per heavy atom. The molecular weight excluding hydrogens is 260 g/mol. The van der Waals surface area contributed by atoms with Gasteiger partial charge in [0, 0.05) is 5.56 Å². The van der Waals surface area contributed by atoms with Crippen LogP contribution in [-0.2, 0) is 12.8 Å². The highest BCUT2D eigenvalue weighted by Gasteiger charge is 2.20. The Morgan fingerprint density at radius 2 is 1.81 bits per heavy atom. The standard InChI is InChI=1S/C19H20O2/c1-12-9-13(2)18(17(10-12)21-3)19(20)16-8-7-14-5-4-6-15(14)11-16/h7-11H,4-6H2,1-3H3. The van der Waals surface area contributed by atoms with E-state index in [-0.39, 0.29) is 5.78 Å². The normalized spacial score (nSPS) is 13.1. The predicted octanol–water partition coefficient (Wildman–Crippen LogP) is 4.03. The number of hydrogen-bond donors (Lipinski definition) is 0. The number of ether oxygens (including phenoxy) is 1. The molecule has 2 nitrogen and oxygen atoms in total. The third-order valence-electron chi connectivity index (χ3n) is 4.25. The summed E-state index contributed by atoms with van der Waals surface area (Å²) < 4.78 is 5.42. The Labute approximate surface area is 125 Å². The first-order valence-corrected chi connectivity index (χ1v) is 7.42. The summed E-state index contributed by atoms with van der Waals surface area (Å²) in [6, 6.07) is 10.1. The minimum atomic E-state index is 0.0547. The second-order valence-corrected chi connectivity index (χ2v) is 5.83. The first kappa shape index (κ1) is 13.9. The molecule has 0 amide bonds. The largest absolute Gasteiger partial charge is 0.496 e. The smallest absolute Gasteiger partial charge is 0.197 e. The van der Waals surface area contributed by atoms with Gasteiger partial charge in [-0.15, -0.1) is 0 Å². The van der Waals surface area contributed by atoms with Gasteiger partial charge in [0.15, 0.2) is 5.78 Å². The Hall–Kier alpha value is -2.09. The highest BCUT2D eigenvalue weighted by atomic mass is 16.5. The second kappa shape index (κ2) is 5.36. The van der Waals surface area contributed by atoms with Gasteiger partial charge >= 0.3 is 0 Å². The minimum Gasteiger partial charge on any atom is -0.496 e. The van der Waals surface area contributed by atoms with Gasteiger partial charge in [-0.1, -0.05) is 18.2 Å². The van der Waals surface area contributed by atoms with Crippen LogP contribution in [0.15, 0.2) is 30.3 Å². The lowest BCUT2D eigenvalue weighted by Gasteiger charge is -2.13. The third-order valence-corrected chi connectivity index (χ3v) is 4.25. The number of carbonyl (C=O) groups is 1. The van der Waals surface area contributed by atoms with Crippen LogP contribution in [0.1, 0.15) is 44.6 Å². The molecule has 0 aromatic heterocycles. The monoisotopic (exact) mass is 280 g/mol. The van der Waals surface area contributed by atoms with Crippen LogP contribution in [0, 0.1) is 13.8 Å². The van der Waals surface area contributed by atoms with Gasteiger partial charge in [-0.05, 0) is 67.5 Å². The van der Waals surface area contributed by atoms with Crippen molar-refractivity contribution in [2.45, 2.75) is 33.1 Å². The Morgan fingerprint density at radius 3 is 2.57 bits per heavy atom. The molecule has 0 spiro atoms. The molecular formula is C19H20O2. The molecule has 2 aromatic carbocycles. The quantitative estimate of drug-likeness (QED) is 0.793. The van der Waals surface area contributed by atoms with Crippen LogP contribution in [0.2, 0.25) is 0 Å². The number of benzene rings is 2. The number of methoxy groups -OCH3 is 1. The zero-order valence-electron chi connectivity index (χ0n) is 12.8. The Kier molecular flexibility index (Phi) is 3.54. The fourth-order valence-corrected chi connectivity index (χ4v) is 3.24. The van der Waals surface area contributed by atoms with Crippen LogP contribution >= 0.6 is 0 Å². The molecule has 0 radical (unpaired) electrons. The van der Waals surface area contributed by atoms with E-state index in [1.807, 2.05) is 32.0 Å². The summed E-state index contributed by atoms with van der Waals surface area (Å²) in [5.41, 5.74) is 6.23. The first-order chi connectivity index (χ1) is 10.1. The SMILES string of the molecule is COc1cc(C)cc(C)c1C(=O)c1ccc2c(c1)CCC2. The van der Waals surface area contributed by atoms with Crippen molar-refractivity contribution in [2.24, 2.45) is 0 Å². The van der Waals surface area contributed by atoms with E-state index in [4.69, 9.17) is 4.74 Å². The van der Waals surface area contributed by atoms with E-state index >= 15 is 0 Å². The average molecular weight is 280 g/mol. The lowest BCUT2D eigenvalue weighted by molar-refractivity contribution is 0.103. The van der Waals surface area contributed by atoms with E-state index in [1.54, 1.807) is 7.11 Å². The molecule has 0 N–H and O–H groups in total. The molecule has 1 aliphatic carbocycles. The molecule has 3 rings (SSSR count). The minimum absolute atomic E-state index is 0.0547. The van der Waals surface area contributed by atoms with Gasteiger partial charge in [0.05, 0.1) is 12.7 Å². The van der Waals surface area contributed by atoms with Crippen molar-refractivity contribution in [2.75, 3.05) is 7.11 Å². The summed E-state index contributed by atoms with van der Waals surface area (Å²) >= 11 is 0. The summed E-state index contributed by atoms with van der Waals surface area (Å²) in [4.78, 5) is 12.9. The molecule has 0 unspecified atom stereocenters. The van der Waals surface area contributed by atoms with Crippen LogP contribution in [0.4, 0.5) is 0 Å². The molecule has 0 aliphatic heterocycles. The molecule has 0 fully saturated rings. The average Bonchev–Trinajstić information content (AvgIpc) is 2.93. The number of rotatable bonds is 3. The van der Waals surface area contributed by atoms with Crippen LogP contribution in [0.3, 0.4) is 0 Å². The third kappa shape index (κ3) is 2.46. The lowest BCUT2D eigenvalue weighted by Crippen LogP contribution is -2.07. The van der Waals surface area contributed by atoms with Gasteiger partial charge in [-0.2, -0.15) is 0 Å². The van der Waals surface area contributed by atoms with E-state index in [0.29, 0.717) is 11.3 Å². The van der Waals surface area contributed by atoms with Crippen molar-refractivity contribution in [3.63, 3.8) is 0 Å². The molecule has 0 heterocycles. The van der Waals surface area contributed by atoms with E-state index in [1.165, 1.54) is 17.5 Å². The van der Waals surface area contributed by atoms with Gasteiger partial charge in [0.25, 0.3) is 0 Å². The molecule has 108 valence electrons. The van der Waals surface area contributed by atoms with Crippen molar-refractivity contribution in [3.05, 3.63) is 63.7 Å². The maximum atomic E-state index is 12.9. The van der Waals surface area contributed by atoms with Crippen LogP contribution < -0.4 is 4.74 Å². The van der Waals surface area contributed by atoms with Crippen LogP contribution in [-0.4, -0.2) is 12.9 Å². The highest BCUT2D eigenvalue weighted by Crippen LogP contribution is 2.29. The molecule has 2 aromatic rings. The number of hydrogen-bond acceptors (Lipinski definition) is 2.